The van der Waals surface area contributed by atoms with E-state index in [1.807, 2.05) is 30.3 Å². The Kier molecular flexibility index (Phi) is 6.72. The normalized spacial score (nSPS) is 18.7. The molecule has 4 amide bonds. The average Bonchev–Trinajstić information content (AvgIpc) is 3.33. The summed E-state index contributed by atoms with van der Waals surface area (Å²) >= 11 is 0. The van der Waals surface area contributed by atoms with Crippen LogP contribution in [-0.4, -0.2) is 41.4 Å². The lowest BCUT2D eigenvalue weighted by molar-refractivity contribution is -0.135. The van der Waals surface area contributed by atoms with Crippen molar-refractivity contribution in [2.24, 2.45) is 0 Å². The second kappa shape index (κ2) is 9.73. The Hall–Kier alpha value is -3.95. The molecule has 1 aromatic heterocycles. The predicted octanol–water partition coefficient (Wildman–Crippen LogP) is 4.15. The van der Waals surface area contributed by atoms with Crippen LogP contribution in [0.3, 0.4) is 0 Å². The second-order valence-corrected chi connectivity index (χ2v) is 8.65. The summed E-state index contributed by atoms with van der Waals surface area (Å²) in [6, 6.07) is 14.3. The maximum absolute atomic E-state index is 13.0. The number of amides is 4. The number of aryl methyl sites for hydroxylation is 1. The Morgan fingerprint density at radius 3 is 2.57 bits per heavy atom. The lowest BCUT2D eigenvalue weighted by Crippen LogP contribution is -2.45. The summed E-state index contributed by atoms with van der Waals surface area (Å²) in [5, 5.41) is 6.33. The number of rotatable bonds is 9. The van der Waals surface area contributed by atoms with Gasteiger partial charge in [-0.3, -0.25) is 14.5 Å². The van der Waals surface area contributed by atoms with Gasteiger partial charge in [-0.05, 0) is 56.5 Å². The van der Waals surface area contributed by atoms with Crippen molar-refractivity contribution in [3.8, 4) is 5.75 Å². The molecule has 2 aromatic carbocycles. The van der Waals surface area contributed by atoms with Gasteiger partial charge < -0.3 is 19.8 Å². The summed E-state index contributed by atoms with van der Waals surface area (Å²) in [7, 11) is 0. The van der Waals surface area contributed by atoms with Crippen LogP contribution in [-0.2, 0) is 16.0 Å². The summed E-state index contributed by atoms with van der Waals surface area (Å²) in [5.74, 6) is -0.409. The smallest absolute Gasteiger partial charge is 0.387 e. The van der Waals surface area contributed by atoms with E-state index in [9.17, 15) is 23.2 Å². The molecular weight excluding hydrogens is 460 g/mol. The number of furan rings is 1. The first-order chi connectivity index (χ1) is 16.6. The van der Waals surface area contributed by atoms with Crippen LogP contribution >= 0.6 is 0 Å². The van der Waals surface area contributed by atoms with Crippen LogP contribution in [0.4, 0.5) is 13.6 Å². The van der Waals surface area contributed by atoms with Crippen LogP contribution in [0.1, 0.15) is 37.6 Å². The lowest BCUT2D eigenvalue weighted by Gasteiger charge is -2.22. The van der Waals surface area contributed by atoms with Crippen LogP contribution in [0.2, 0.25) is 0 Å². The Balaban J connectivity index is 1.33. The molecule has 8 nitrogen and oxygen atoms in total. The van der Waals surface area contributed by atoms with Crippen molar-refractivity contribution in [2.45, 2.75) is 44.9 Å². The molecule has 35 heavy (non-hydrogen) atoms. The maximum Gasteiger partial charge on any atom is 0.387 e. The molecule has 184 valence electrons. The fourth-order valence-electron chi connectivity index (χ4n) is 4.01. The highest BCUT2D eigenvalue weighted by Gasteiger charge is 2.47. The summed E-state index contributed by atoms with van der Waals surface area (Å²) in [6.07, 6.45) is 0.667. The van der Waals surface area contributed by atoms with Gasteiger partial charge in [0.1, 0.15) is 29.2 Å². The number of benzene rings is 2. The molecule has 2 unspecified atom stereocenters. The van der Waals surface area contributed by atoms with Gasteiger partial charge in [0.2, 0.25) is 5.91 Å². The van der Waals surface area contributed by atoms with E-state index in [1.165, 1.54) is 12.1 Å². The minimum absolute atomic E-state index is 0.0364. The van der Waals surface area contributed by atoms with Gasteiger partial charge >= 0.3 is 12.6 Å². The van der Waals surface area contributed by atoms with Gasteiger partial charge in [-0.15, -0.1) is 0 Å². The summed E-state index contributed by atoms with van der Waals surface area (Å²) in [4.78, 5) is 38.9. The second-order valence-electron chi connectivity index (χ2n) is 8.65. The van der Waals surface area contributed by atoms with E-state index < -0.39 is 42.6 Å². The SMILES string of the molecule is CC(NC(=O)CN1C(=O)NC(C)(CCc2ccc(OC(F)F)cc2)C1=O)c1cc2ccccc2o1. The van der Waals surface area contributed by atoms with E-state index >= 15 is 0 Å². The Morgan fingerprint density at radius 1 is 1.17 bits per heavy atom. The minimum atomic E-state index is -2.91. The van der Waals surface area contributed by atoms with Crippen molar-refractivity contribution in [1.29, 1.82) is 0 Å². The Morgan fingerprint density at radius 2 is 1.89 bits per heavy atom. The fourth-order valence-corrected chi connectivity index (χ4v) is 4.01. The number of nitrogens with one attached hydrogen (secondary N) is 2. The molecule has 2 N–H and O–H groups in total. The molecule has 0 radical (unpaired) electrons. The molecule has 1 aliphatic heterocycles. The average molecular weight is 485 g/mol. The number of nitrogens with zero attached hydrogens (tertiary/aromatic N) is 1. The number of urea groups is 1. The standard InChI is InChI=1S/C25H25F2N3O5/c1-15(20-13-17-5-3-4-6-19(17)35-20)28-21(31)14-30-22(32)25(2,29-24(30)33)12-11-16-7-9-18(10-8-16)34-23(26)27/h3-10,13,15,23H,11-12,14H2,1-2H3,(H,28,31)(H,29,33). The largest absolute Gasteiger partial charge is 0.459 e. The molecule has 0 spiro atoms. The van der Waals surface area contributed by atoms with Crippen molar-refractivity contribution >= 4 is 28.8 Å². The third-order valence-electron chi connectivity index (χ3n) is 5.96. The fraction of sp³-hybridized carbons (Fsp3) is 0.320. The van der Waals surface area contributed by atoms with Crippen molar-refractivity contribution < 1.29 is 32.3 Å². The molecule has 0 aliphatic carbocycles. The monoisotopic (exact) mass is 485 g/mol. The molecule has 0 saturated carbocycles. The molecule has 10 heteroatoms. The molecule has 1 saturated heterocycles. The molecular formula is C25H25F2N3O5. The van der Waals surface area contributed by atoms with E-state index in [4.69, 9.17) is 4.42 Å². The highest BCUT2D eigenvalue weighted by Crippen LogP contribution is 2.26. The summed E-state index contributed by atoms with van der Waals surface area (Å²) in [6.45, 7) is 0.0143. The first kappa shape index (κ1) is 24.2. The molecule has 2 heterocycles. The summed E-state index contributed by atoms with van der Waals surface area (Å²) < 4.78 is 34.7. The van der Waals surface area contributed by atoms with Crippen molar-refractivity contribution in [3.05, 3.63) is 65.9 Å². The predicted molar refractivity (Wildman–Crippen MR) is 123 cm³/mol. The number of para-hydroxylation sites is 1. The number of halogens is 2. The van der Waals surface area contributed by atoms with Crippen LogP contribution in [0.15, 0.2) is 59.0 Å². The zero-order chi connectivity index (χ0) is 25.2. The van der Waals surface area contributed by atoms with E-state index in [-0.39, 0.29) is 12.2 Å². The number of carbonyl (C=O) groups excluding carboxylic acids is 3. The van der Waals surface area contributed by atoms with Crippen molar-refractivity contribution in [2.75, 3.05) is 6.54 Å². The third kappa shape index (κ3) is 5.42. The number of hydrogen-bond donors (Lipinski definition) is 2. The number of hydrogen-bond acceptors (Lipinski definition) is 5. The van der Waals surface area contributed by atoms with E-state index in [0.29, 0.717) is 17.8 Å². The molecule has 1 aliphatic rings. The zero-order valence-electron chi connectivity index (χ0n) is 19.2. The Bertz CT molecular complexity index is 1210. The molecule has 0 bridgehead atoms. The van der Waals surface area contributed by atoms with E-state index in [2.05, 4.69) is 15.4 Å². The van der Waals surface area contributed by atoms with Gasteiger partial charge in [0.15, 0.2) is 0 Å². The van der Waals surface area contributed by atoms with Crippen molar-refractivity contribution in [3.63, 3.8) is 0 Å². The molecule has 2 atom stereocenters. The van der Waals surface area contributed by atoms with Gasteiger partial charge in [0, 0.05) is 5.39 Å². The first-order valence-electron chi connectivity index (χ1n) is 11.1. The van der Waals surface area contributed by atoms with E-state index in [0.717, 1.165) is 15.8 Å². The topological polar surface area (TPSA) is 101 Å². The minimum Gasteiger partial charge on any atom is -0.459 e. The van der Waals surface area contributed by atoms with Crippen molar-refractivity contribution in [1.82, 2.24) is 15.5 Å². The number of imide groups is 1. The molecule has 4 rings (SSSR count). The lowest BCUT2D eigenvalue weighted by atomic mass is 9.93. The third-order valence-corrected chi connectivity index (χ3v) is 5.96. The highest BCUT2D eigenvalue weighted by atomic mass is 19.3. The highest BCUT2D eigenvalue weighted by molar-refractivity contribution is 6.08. The van der Waals surface area contributed by atoms with Gasteiger partial charge in [0.25, 0.3) is 5.91 Å². The summed E-state index contributed by atoms with van der Waals surface area (Å²) in [5.41, 5.74) is 0.287. The van der Waals surface area contributed by atoms with Crippen LogP contribution in [0.25, 0.3) is 11.0 Å². The van der Waals surface area contributed by atoms with Crippen LogP contribution in [0, 0.1) is 0 Å². The van der Waals surface area contributed by atoms with E-state index in [1.54, 1.807) is 26.0 Å². The number of fused-ring (bicyclic) bond motifs is 1. The molecule has 1 fully saturated rings. The van der Waals surface area contributed by atoms with Crippen LogP contribution < -0.4 is 15.4 Å². The number of carbonyl (C=O) groups is 3. The van der Waals surface area contributed by atoms with Gasteiger partial charge in [-0.25, -0.2) is 4.79 Å². The molecule has 3 aromatic rings. The van der Waals surface area contributed by atoms with Crippen LogP contribution in [0.5, 0.6) is 5.75 Å². The number of ether oxygens (including phenoxy) is 1. The first-order valence-corrected chi connectivity index (χ1v) is 11.1. The quantitative estimate of drug-likeness (QED) is 0.444. The van der Waals surface area contributed by atoms with Gasteiger partial charge in [-0.1, -0.05) is 30.3 Å². The zero-order valence-corrected chi connectivity index (χ0v) is 19.2. The van der Waals surface area contributed by atoms with Gasteiger partial charge in [-0.2, -0.15) is 8.78 Å². The van der Waals surface area contributed by atoms with Gasteiger partial charge in [0.05, 0.1) is 6.04 Å². The Labute approximate surface area is 200 Å². The maximum atomic E-state index is 13.0. The number of alkyl halides is 2.